The number of ether oxygens (including phenoxy) is 1. The number of rotatable bonds is 6. The molecule has 220 valence electrons. The lowest BCUT2D eigenvalue weighted by molar-refractivity contribution is 0.119. The molecular formula is C30H35ClN8O3. The number of hydrogen-bond donors (Lipinski definition) is 1. The van der Waals surface area contributed by atoms with E-state index in [0.29, 0.717) is 56.4 Å². The lowest BCUT2D eigenvalue weighted by atomic mass is 10.0. The number of aromatic nitrogens is 3. The minimum Gasteiger partial charge on any atom is -0.465 e. The zero-order valence-corrected chi connectivity index (χ0v) is 24.7. The fourth-order valence-corrected chi connectivity index (χ4v) is 6.74. The molecule has 2 atom stereocenters. The molecule has 1 aromatic carbocycles. The number of benzene rings is 1. The lowest BCUT2D eigenvalue weighted by Crippen LogP contribution is -2.55. The minimum absolute atomic E-state index is 0.122. The van der Waals surface area contributed by atoms with Crippen LogP contribution in [0.2, 0.25) is 5.15 Å². The third-order valence-electron chi connectivity index (χ3n) is 8.85. The first kappa shape index (κ1) is 28.2. The minimum atomic E-state index is -1.00. The molecular weight excluding hydrogens is 556 g/mol. The Morgan fingerprint density at radius 2 is 2.05 bits per heavy atom. The molecule has 0 radical (unpaired) electrons. The van der Waals surface area contributed by atoms with Gasteiger partial charge in [-0.2, -0.15) is 15.2 Å². The third kappa shape index (κ3) is 5.37. The molecule has 1 amide bonds. The van der Waals surface area contributed by atoms with Crippen molar-refractivity contribution in [2.75, 3.05) is 56.2 Å². The van der Waals surface area contributed by atoms with Gasteiger partial charge in [-0.1, -0.05) is 29.8 Å². The van der Waals surface area contributed by atoms with Crippen LogP contribution in [0.3, 0.4) is 0 Å². The van der Waals surface area contributed by atoms with E-state index >= 15 is 0 Å². The SMILES string of the molecule is Cc1cccc2c(Cl)ncc(N3CCc4c(nc(OC[C@@H]5CCCN5C)nc4N4CCN(C(=O)O)C(CC#N)C4)C3)c12. The summed E-state index contributed by atoms with van der Waals surface area (Å²) in [7, 11) is 2.11. The highest BCUT2D eigenvalue weighted by atomic mass is 35.5. The first-order chi connectivity index (χ1) is 20.3. The van der Waals surface area contributed by atoms with Gasteiger partial charge < -0.3 is 29.4 Å². The van der Waals surface area contributed by atoms with Crippen LogP contribution in [0.25, 0.3) is 10.8 Å². The van der Waals surface area contributed by atoms with Crippen molar-refractivity contribution in [3.05, 3.63) is 46.4 Å². The van der Waals surface area contributed by atoms with Gasteiger partial charge in [-0.15, -0.1) is 0 Å². The van der Waals surface area contributed by atoms with E-state index in [-0.39, 0.29) is 6.42 Å². The summed E-state index contributed by atoms with van der Waals surface area (Å²) in [4.78, 5) is 34.2. The van der Waals surface area contributed by atoms with Crippen molar-refractivity contribution < 1.29 is 14.6 Å². The van der Waals surface area contributed by atoms with Crippen molar-refractivity contribution in [3.8, 4) is 12.1 Å². The highest BCUT2D eigenvalue weighted by molar-refractivity contribution is 6.34. The number of halogens is 1. The lowest BCUT2D eigenvalue weighted by Gasteiger charge is -2.41. The van der Waals surface area contributed by atoms with Crippen LogP contribution in [0, 0.1) is 18.3 Å². The van der Waals surface area contributed by atoms with Crippen LogP contribution in [-0.2, 0) is 13.0 Å². The van der Waals surface area contributed by atoms with Crippen molar-refractivity contribution >= 4 is 40.0 Å². The van der Waals surface area contributed by atoms with Crippen molar-refractivity contribution in [1.29, 1.82) is 5.26 Å². The number of anilines is 2. The summed E-state index contributed by atoms with van der Waals surface area (Å²) < 4.78 is 6.24. The smallest absolute Gasteiger partial charge is 0.407 e. The summed E-state index contributed by atoms with van der Waals surface area (Å²) in [6.45, 7) is 6.11. The molecule has 0 spiro atoms. The first-order valence-corrected chi connectivity index (χ1v) is 14.8. The third-order valence-corrected chi connectivity index (χ3v) is 9.15. The zero-order valence-electron chi connectivity index (χ0n) is 24.0. The predicted molar refractivity (Wildman–Crippen MR) is 160 cm³/mol. The van der Waals surface area contributed by atoms with Crippen LogP contribution in [0.15, 0.2) is 24.4 Å². The number of piperazine rings is 1. The van der Waals surface area contributed by atoms with Crippen molar-refractivity contribution in [3.63, 3.8) is 0 Å². The largest absolute Gasteiger partial charge is 0.465 e. The molecule has 12 heteroatoms. The summed E-state index contributed by atoms with van der Waals surface area (Å²) in [6, 6.07) is 8.45. The zero-order chi connectivity index (χ0) is 29.4. The van der Waals surface area contributed by atoms with Crippen molar-refractivity contribution in [1.82, 2.24) is 24.8 Å². The van der Waals surface area contributed by atoms with Gasteiger partial charge in [0, 0.05) is 48.6 Å². The molecule has 1 N–H and O–H groups in total. The van der Waals surface area contributed by atoms with Gasteiger partial charge in [0.25, 0.3) is 0 Å². The average Bonchev–Trinajstić information content (AvgIpc) is 3.40. The van der Waals surface area contributed by atoms with Crippen LogP contribution in [0.5, 0.6) is 6.01 Å². The van der Waals surface area contributed by atoms with Crippen LogP contribution in [0.1, 0.15) is 36.1 Å². The molecule has 0 aliphatic carbocycles. The maximum absolute atomic E-state index is 11.8. The van der Waals surface area contributed by atoms with Crippen LogP contribution in [-0.4, -0.2) is 94.4 Å². The molecule has 2 saturated heterocycles. The summed E-state index contributed by atoms with van der Waals surface area (Å²) >= 11 is 6.48. The number of pyridine rings is 1. The molecule has 2 aromatic heterocycles. The van der Waals surface area contributed by atoms with E-state index in [0.717, 1.165) is 65.0 Å². The number of hydrogen-bond acceptors (Lipinski definition) is 9. The number of carboxylic acid groups (broad SMARTS) is 1. The topological polar surface area (TPSA) is 122 Å². The average molecular weight is 591 g/mol. The Balaban J connectivity index is 1.35. The van der Waals surface area contributed by atoms with E-state index in [1.54, 1.807) is 0 Å². The van der Waals surface area contributed by atoms with E-state index in [2.05, 4.69) is 45.8 Å². The summed E-state index contributed by atoms with van der Waals surface area (Å²) in [5, 5.41) is 21.6. The quantitative estimate of drug-likeness (QED) is 0.420. The molecule has 3 aliphatic rings. The van der Waals surface area contributed by atoms with Crippen LogP contribution in [0.4, 0.5) is 16.3 Å². The van der Waals surface area contributed by atoms with Gasteiger partial charge in [0.15, 0.2) is 0 Å². The molecule has 0 saturated carbocycles. The van der Waals surface area contributed by atoms with Crippen LogP contribution < -0.4 is 14.5 Å². The number of carbonyl (C=O) groups is 1. The summed E-state index contributed by atoms with van der Waals surface area (Å²) in [5.74, 6) is 0.776. The van der Waals surface area contributed by atoms with Gasteiger partial charge in [0.2, 0.25) is 0 Å². The number of aryl methyl sites for hydroxylation is 1. The van der Waals surface area contributed by atoms with E-state index in [9.17, 15) is 15.2 Å². The van der Waals surface area contributed by atoms with E-state index in [4.69, 9.17) is 26.3 Å². The number of fused-ring (bicyclic) bond motifs is 2. The number of nitrogens with zero attached hydrogens (tertiary/aromatic N) is 8. The molecule has 3 aliphatic heterocycles. The standard InChI is InChI=1S/C30H35ClN8O3/c1-19-5-3-7-23-26(19)25(15-33-27(23)31)37-12-9-22-24(17-37)34-29(42-18-21-6-4-11-36(21)2)35-28(22)38-13-14-39(30(40)41)20(16-38)8-10-32/h3,5,7,15,20-21H,4,6,8-9,11-14,16-18H2,1-2H3,(H,40,41)/t20?,21-/m0/s1. The van der Waals surface area contributed by atoms with Crippen molar-refractivity contribution in [2.45, 2.75) is 51.2 Å². The number of likely N-dealkylation sites (tertiary alicyclic amines) is 1. The maximum Gasteiger partial charge on any atom is 0.407 e. The van der Waals surface area contributed by atoms with Crippen molar-refractivity contribution in [2.24, 2.45) is 0 Å². The van der Waals surface area contributed by atoms with Gasteiger partial charge in [0.1, 0.15) is 17.6 Å². The Morgan fingerprint density at radius 3 is 2.81 bits per heavy atom. The molecule has 5 heterocycles. The molecule has 1 unspecified atom stereocenters. The molecule has 0 bridgehead atoms. The summed E-state index contributed by atoms with van der Waals surface area (Å²) in [5.41, 5.74) is 4.07. The molecule has 2 fully saturated rings. The predicted octanol–water partition coefficient (Wildman–Crippen LogP) is 4.10. The maximum atomic E-state index is 11.8. The van der Waals surface area contributed by atoms with Gasteiger partial charge in [-0.3, -0.25) is 0 Å². The molecule has 42 heavy (non-hydrogen) atoms. The number of nitriles is 1. The second kappa shape index (κ2) is 11.8. The fourth-order valence-electron chi connectivity index (χ4n) is 6.53. The second-order valence-electron chi connectivity index (χ2n) is 11.4. The van der Waals surface area contributed by atoms with E-state index < -0.39 is 12.1 Å². The number of likely N-dealkylation sites (N-methyl/N-ethyl adjacent to an activating group) is 1. The second-order valence-corrected chi connectivity index (χ2v) is 11.7. The Kier molecular flexibility index (Phi) is 7.92. The molecule has 11 nitrogen and oxygen atoms in total. The molecule has 3 aromatic rings. The van der Waals surface area contributed by atoms with E-state index in [1.807, 2.05) is 18.3 Å². The Bertz CT molecular complexity index is 1550. The normalized spacial score (nSPS) is 21.0. The Morgan fingerprint density at radius 1 is 1.19 bits per heavy atom. The Labute approximate surface area is 250 Å². The highest BCUT2D eigenvalue weighted by Gasteiger charge is 2.34. The molecule has 6 rings (SSSR count). The number of amides is 1. The van der Waals surface area contributed by atoms with Gasteiger partial charge >= 0.3 is 12.1 Å². The monoisotopic (exact) mass is 590 g/mol. The van der Waals surface area contributed by atoms with Gasteiger partial charge in [-0.05, 0) is 45.3 Å². The van der Waals surface area contributed by atoms with Gasteiger partial charge in [-0.25, -0.2) is 9.78 Å². The Hall–Kier alpha value is -3.88. The first-order valence-electron chi connectivity index (χ1n) is 14.5. The highest BCUT2D eigenvalue weighted by Crippen LogP contribution is 2.37. The summed E-state index contributed by atoms with van der Waals surface area (Å²) in [6.07, 6.45) is 3.89. The van der Waals surface area contributed by atoms with Gasteiger partial charge in [0.05, 0.1) is 42.7 Å². The fraction of sp³-hybridized carbons (Fsp3) is 0.500. The van der Waals surface area contributed by atoms with Crippen LogP contribution >= 0.6 is 11.6 Å². The van der Waals surface area contributed by atoms with E-state index in [1.165, 1.54) is 4.90 Å².